The van der Waals surface area contributed by atoms with Gasteiger partial charge in [0, 0.05) is 25.2 Å². The van der Waals surface area contributed by atoms with Crippen LogP contribution in [0.25, 0.3) is 0 Å². The molecule has 2 aliphatic rings. The van der Waals surface area contributed by atoms with Crippen molar-refractivity contribution < 1.29 is 18.0 Å². The lowest BCUT2D eigenvalue weighted by Gasteiger charge is -2.45. The molecule has 0 saturated carbocycles. The first-order valence-electron chi connectivity index (χ1n) is 8.93. The van der Waals surface area contributed by atoms with Crippen molar-refractivity contribution in [1.82, 2.24) is 9.80 Å². The summed E-state index contributed by atoms with van der Waals surface area (Å²) in [6, 6.07) is 7.14. The maximum atomic E-state index is 13.9. The van der Waals surface area contributed by atoms with E-state index in [1.807, 2.05) is 24.0 Å². The van der Waals surface area contributed by atoms with Crippen molar-refractivity contribution in [3.8, 4) is 0 Å². The van der Waals surface area contributed by atoms with Gasteiger partial charge in [0.15, 0.2) is 16.7 Å². The number of carbonyl (C=O) groups is 1. The van der Waals surface area contributed by atoms with E-state index in [9.17, 15) is 18.0 Å². The van der Waals surface area contributed by atoms with Gasteiger partial charge in [0.05, 0.1) is 12.6 Å². The monoisotopic (exact) mass is 405 g/mol. The van der Waals surface area contributed by atoms with Crippen LogP contribution < -0.4 is 5.32 Å². The van der Waals surface area contributed by atoms with Crippen LogP contribution in [0.1, 0.15) is 22.7 Å². The fourth-order valence-electron chi connectivity index (χ4n) is 3.87. The van der Waals surface area contributed by atoms with Crippen LogP contribution in [-0.2, 0) is 11.2 Å². The molecule has 2 heterocycles. The predicted molar refractivity (Wildman–Crippen MR) is 103 cm³/mol. The Morgan fingerprint density at radius 3 is 2.61 bits per heavy atom. The number of nitrogens with one attached hydrogen (secondary N) is 1. The number of amides is 1. The minimum atomic E-state index is -1.08. The number of aryl methyl sites for hydroxylation is 1. The number of hydrogen-bond donors (Lipinski definition) is 1. The van der Waals surface area contributed by atoms with Gasteiger partial charge < -0.3 is 15.1 Å². The third-order valence-electron chi connectivity index (χ3n) is 5.22. The average Bonchev–Trinajstić information content (AvgIpc) is 2.63. The average molecular weight is 405 g/mol. The van der Waals surface area contributed by atoms with Crippen LogP contribution in [0.4, 0.5) is 18.9 Å². The lowest BCUT2D eigenvalue weighted by molar-refractivity contribution is -0.138. The van der Waals surface area contributed by atoms with E-state index in [4.69, 9.17) is 12.2 Å². The molecule has 1 amide bonds. The number of fused-ring (bicyclic) bond motifs is 3. The molecular weight excluding hydrogens is 387 g/mol. The molecule has 1 atom stereocenters. The number of benzene rings is 2. The molecule has 4 nitrogen and oxygen atoms in total. The summed E-state index contributed by atoms with van der Waals surface area (Å²) in [6.07, 6.45) is 0.800. The van der Waals surface area contributed by atoms with Gasteiger partial charge in [-0.05, 0) is 36.7 Å². The van der Waals surface area contributed by atoms with Crippen LogP contribution >= 0.6 is 12.2 Å². The molecule has 8 heteroatoms. The zero-order chi connectivity index (χ0) is 20.0. The molecule has 2 aliphatic heterocycles. The van der Waals surface area contributed by atoms with Crippen LogP contribution in [0.2, 0.25) is 0 Å². The topological polar surface area (TPSA) is 35.6 Å². The summed E-state index contributed by atoms with van der Waals surface area (Å²) >= 11 is 5.29. The van der Waals surface area contributed by atoms with Crippen LogP contribution in [0.15, 0.2) is 30.3 Å². The summed E-state index contributed by atoms with van der Waals surface area (Å²) in [7, 11) is 0. The molecule has 1 fully saturated rings. The van der Waals surface area contributed by atoms with E-state index in [-0.39, 0.29) is 23.6 Å². The molecule has 2 aromatic carbocycles. The van der Waals surface area contributed by atoms with E-state index in [2.05, 4.69) is 11.4 Å². The van der Waals surface area contributed by atoms with Crippen molar-refractivity contribution in [3.05, 3.63) is 64.5 Å². The quantitative estimate of drug-likeness (QED) is 0.736. The summed E-state index contributed by atoms with van der Waals surface area (Å²) in [5.41, 5.74) is 2.90. The van der Waals surface area contributed by atoms with Gasteiger partial charge in [-0.15, -0.1) is 0 Å². The molecule has 28 heavy (non-hydrogen) atoms. The van der Waals surface area contributed by atoms with Gasteiger partial charge in [-0.3, -0.25) is 4.79 Å². The highest BCUT2D eigenvalue weighted by atomic mass is 32.1. The number of piperazine rings is 1. The van der Waals surface area contributed by atoms with Gasteiger partial charge in [0.25, 0.3) is 0 Å². The molecule has 0 spiro atoms. The SMILES string of the molecule is Cc1ccc2c(c1)CCN1C(=O)CN(C(=S)Nc3c(F)cc(F)cc3F)CC21. The standard InChI is InChI=1S/C20H18F3N3OS/c1-11-2-3-14-12(6-11)4-5-26-17(14)9-25(10-18(26)27)20(28)24-19-15(22)7-13(21)8-16(19)23/h2-3,6-8,17H,4-5,9-10H2,1H3,(H,24,28). The minimum Gasteiger partial charge on any atom is -0.337 e. The Morgan fingerprint density at radius 2 is 1.89 bits per heavy atom. The van der Waals surface area contributed by atoms with Crippen LogP contribution in [-0.4, -0.2) is 40.5 Å². The summed E-state index contributed by atoms with van der Waals surface area (Å²) in [5, 5.41) is 2.52. The Kier molecular flexibility index (Phi) is 4.74. The number of thiocarbonyl (C=S) groups is 1. The normalized spacial score (nSPS) is 18.6. The maximum absolute atomic E-state index is 13.9. The van der Waals surface area contributed by atoms with Gasteiger partial charge in [-0.25, -0.2) is 13.2 Å². The Morgan fingerprint density at radius 1 is 1.18 bits per heavy atom. The smallest absolute Gasteiger partial charge is 0.242 e. The van der Waals surface area contributed by atoms with Gasteiger partial charge >= 0.3 is 0 Å². The zero-order valence-electron chi connectivity index (χ0n) is 15.1. The Bertz CT molecular complexity index is 958. The first-order chi connectivity index (χ1) is 13.3. The number of rotatable bonds is 1. The van der Waals surface area contributed by atoms with Crippen molar-refractivity contribution in [2.75, 3.05) is 25.0 Å². The third kappa shape index (κ3) is 3.32. The van der Waals surface area contributed by atoms with Gasteiger partial charge in [-0.2, -0.15) is 0 Å². The van der Waals surface area contributed by atoms with E-state index < -0.39 is 23.1 Å². The molecule has 0 aliphatic carbocycles. The molecule has 4 rings (SSSR count). The van der Waals surface area contributed by atoms with Crippen LogP contribution in [0.5, 0.6) is 0 Å². The molecule has 0 radical (unpaired) electrons. The van der Waals surface area contributed by atoms with Gasteiger partial charge in [0.1, 0.15) is 11.5 Å². The largest absolute Gasteiger partial charge is 0.337 e. The molecule has 2 aromatic rings. The molecule has 1 N–H and O–H groups in total. The lowest BCUT2D eigenvalue weighted by Crippen LogP contribution is -2.56. The summed E-state index contributed by atoms with van der Waals surface area (Å²) in [4.78, 5) is 16.1. The predicted octanol–water partition coefficient (Wildman–Crippen LogP) is 3.55. The number of halogens is 3. The third-order valence-corrected chi connectivity index (χ3v) is 5.58. The molecule has 1 unspecified atom stereocenters. The van der Waals surface area contributed by atoms with E-state index in [1.165, 1.54) is 5.56 Å². The Hall–Kier alpha value is -2.61. The number of hydrogen-bond acceptors (Lipinski definition) is 2. The number of nitrogens with zero attached hydrogens (tertiary/aromatic N) is 2. The molecule has 0 aromatic heterocycles. The summed E-state index contributed by atoms with van der Waals surface area (Å²) < 4.78 is 41.0. The van der Waals surface area contributed by atoms with Gasteiger partial charge in [0.2, 0.25) is 5.91 Å². The highest BCUT2D eigenvalue weighted by Gasteiger charge is 2.37. The van der Waals surface area contributed by atoms with E-state index in [1.54, 1.807) is 4.90 Å². The highest BCUT2D eigenvalue weighted by molar-refractivity contribution is 7.80. The minimum absolute atomic E-state index is 0.0218. The van der Waals surface area contributed by atoms with Crippen molar-refractivity contribution in [1.29, 1.82) is 0 Å². The maximum Gasteiger partial charge on any atom is 0.242 e. The summed E-state index contributed by atoms with van der Waals surface area (Å²) in [6.45, 7) is 3.09. The first kappa shape index (κ1) is 18.7. The molecule has 0 bridgehead atoms. The summed E-state index contributed by atoms with van der Waals surface area (Å²) in [5.74, 6) is -3.26. The van der Waals surface area contributed by atoms with Crippen molar-refractivity contribution >= 4 is 28.9 Å². The van der Waals surface area contributed by atoms with Crippen molar-refractivity contribution in [2.24, 2.45) is 0 Å². The van der Waals surface area contributed by atoms with E-state index in [0.717, 1.165) is 17.5 Å². The molecule has 146 valence electrons. The van der Waals surface area contributed by atoms with Crippen molar-refractivity contribution in [3.63, 3.8) is 0 Å². The van der Waals surface area contributed by atoms with Crippen LogP contribution in [0, 0.1) is 24.4 Å². The first-order valence-corrected chi connectivity index (χ1v) is 9.33. The fraction of sp³-hybridized carbons (Fsp3) is 0.300. The van der Waals surface area contributed by atoms with E-state index in [0.29, 0.717) is 25.2 Å². The lowest BCUT2D eigenvalue weighted by atomic mass is 9.89. The second-order valence-corrected chi connectivity index (χ2v) is 7.50. The molecule has 1 saturated heterocycles. The van der Waals surface area contributed by atoms with Crippen LogP contribution in [0.3, 0.4) is 0 Å². The van der Waals surface area contributed by atoms with Gasteiger partial charge in [-0.1, -0.05) is 23.8 Å². The number of carbonyl (C=O) groups excluding carboxylic acids is 1. The van der Waals surface area contributed by atoms with E-state index >= 15 is 0 Å². The Labute approximate surface area is 165 Å². The number of anilines is 1. The van der Waals surface area contributed by atoms with Crippen molar-refractivity contribution in [2.45, 2.75) is 19.4 Å². The highest BCUT2D eigenvalue weighted by Crippen LogP contribution is 2.34. The second-order valence-electron chi connectivity index (χ2n) is 7.11. The second kappa shape index (κ2) is 7.09. The Balaban J connectivity index is 1.58. The fourth-order valence-corrected chi connectivity index (χ4v) is 4.11. The molecular formula is C20H18F3N3OS. The zero-order valence-corrected chi connectivity index (χ0v) is 16.0.